The van der Waals surface area contributed by atoms with Crippen molar-refractivity contribution in [2.24, 2.45) is 0 Å². The summed E-state index contributed by atoms with van der Waals surface area (Å²) in [5, 5.41) is 9.67. The van der Waals surface area contributed by atoms with Crippen LogP contribution in [0.5, 0.6) is 0 Å². The van der Waals surface area contributed by atoms with Gasteiger partial charge >= 0.3 is 0 Å². The van der Waals surface area contributed by atoms with Crippen LogP contribution in [-0.4, -0.2) is 15.8 Å². The highest BCUT2D eigenvalue weighted by Crippen LogP contribution is 2.22. The van der Waals surface area contributed by atoms with Crippen LogP contribution in [-0.2, 0) is 13.1 Å². The molecular weight excluding hydrogens is 258 g/mol. The number of hydrogen-bond donors (Lipinski definition) is 1. The monoisotopic (exact) mass is 277 g/mol. The van der Waals surface area contributed by atoms with Gasteiger partial charge in [-0.05, 0) is 24.5 Å². The summed E-state index contributed by atoms with van der Waals surface area (Å²) >= 11 is 0. The Kier molecular flexibility index (Phi) is 3.20. The number of nitrogens with zero attached hydrogens (tertiary/aromatic N) is 2. The molecule has 1 aliphatic carbocycles. The second-order valence-electron chi connectivity index (χ2n) is 5.76. The maximum atomic E-state index is 4.84. The fourth-order valence-corrected chi connectivity index (χ4v) is 2.73. The van der Waals surface area contributed by atoms with E-state index in [-0.39, 0.29) is 0 Å². The lowest BCUT2D eigenvalue weighted by Gasteiger charge is -2.03. The lowest BCUT2D eigenvalue weighted by Crippen LogP contribution is -2.16. The van der Waals surface area contributed by atoms with Gasteiger partial charge in [-0.2, -0.15) is 5.10 Å². The highest BCUT2D eigenvalue weighted by molar-refractivity contribution is 5.82. The molecule has 0 atom stereocenters. The second-order valence-corrected chi connectivity index (χ2v) is 5.76. The van der Waals surface area contributed by atoms with Crippen LogP contribution in [0.1, 0.15) is 24.1 Å². The zero-order chi connectivity index (χ0) is 14.1. The van der Waals surface area contributed by atoms with Crippen molar-refractivity contribution in [3.8, 4) is 0 Å². The summed E-state index contributed by atoms with van der Waals surface area (Å²) < 4.78 is 2.12. The number of rotatable bonds is 5. The molecule has 21 heavy (non-hydrogen) atoms. The summed E-state index contributed by atoms with van der Waals surface area (Å²) in [4.78, 5) is 0. The molecule has 1 aromatic heterocycles. The summed E-state index contributed by atoms with van der Waals surface area (Å²) in [7, 11) is 0. The van der Waals surface area contributed by atoms with Gasteiger partial charge in [0, 0.05) is 18.0 Å². The third-order valence-electron chi connectivity index (χ3n) is 4.05. The number of benzene rings is 2. The Labute approximate surface area is 124 Å². The van der Waals surface area contributed by atoms with Gasteiger partial charge in [-0.25, -0.2) is 0 Å². The Bertz CT molecular complexity index is 742. The maximum Gasteiger partial charge on any atom is 0.0841 e. The van der Waals surface area contributed by atoms with E-state index in [1.54, 1.807) is 0 Å². The molecule has 0 saturated heterocycles. The van der Waals surface area contributed by atoms with Crippen molar-refractivity contribution in [2.75, 3.05) is 0 Å². The van der Waals surface area contributed by atoms with E-state index in [0.717, 1.165) is 18.8 Å². The molecule has 1 N–H and O–H groups in total. The van der Waals surface area contributed by atoms with E-state index in [1.807, 2.05) is 0 Å². The van der Waals surface area contributed by atoms with Gasteiger partial charge in [-0.1, -0.05) is 48.5 Å². The topological polar surface area (TPSA) is 29.9 Å². The third-order valence-corrected chi connectivity index (χ3v) is 4.05. The lowest BCUT2D eigenvalue weighted by molar-refractivity contribution is 0.640. The van der Waals surface area contributed by atoms with E-state index in [0.29, 0.717) is 6.04 Å². The minimum absolute atomic E-state index is 0.711. The van der Waals surface area contributed by atoms with E-state index >= 15 is 0 Å². The minimum Gasteiger partial charge on any atom is -0.308 e. The lowest BCUT2D eigenvalue weighted by atomic mass is 10.2. The molecule has 1 fully saturated rings. The SMILES string of the molecule is c1ccc(Cn2nc(CNC3CC3)c3ccccc32)cc1. The number of hydrogen-bond acceptors (Lipinski definition) is 2. The summed E-state index contributed by atoms with van der Waals surface area (Å²) in [5.74, 6) is 0. The first-order valence-corrected chi connectivity index (χ1v) is 7.62. The van der Waals surface area contributed by atoms with Crippen molar-refractivity contribution in [1.29, 1.82) is 0 Å². The quantitative estimate of drug-likeness (QED) is 0.775. The Morgan fingerprint density at radius 1 is 1.00 bits per heavy atom. The predicted molar refractivity (Wildman–Crippen MR) is 85.1 cm³/mol. The number of fused-ring (bicyclic) bond motifs is 1. The van der Waals surface area contributed by atoms with Crippen molar-refractivity contribution in [3.63, 3.8) is 0 Å². The Hall–Kier alpha value is -2.13. The second kappa shape index (κ2) is 5.34. The molecule has 0 bridgehead atoms. The van der Waals surface area contributed by atoms with Crippen LogP contribution in [0.2, 0.25) is 0 Å². The van der Waals surface area contributed by atoms with Crippen molar-refractivity contribution >= 4 is 10.9 Å². The Morgan fingerprint density at radius 2 is 1.76 bits per heavy atom. The molecule has 1 heterocycles. The van der Waals surface area contributed by atoms with Crippen molar-refractivity contribution < 1.29 is 0 Å². The molecular formula is C18H19N3. The standard InChI is InChI=1S/C18H19N3/c1-2-6-14(7-3-1)13-21-18-9-5-4-8-16(18)17(20-21)12-19-15-10-11-15/h1-9,15,19H,10-13H2. The molecule has 3 aromatic rings. The normalized spacial score (nSPS) is 14.7. The van der Waals surface area contributed by atoms with E-state index in [9.17, 15) is 0 Å². The maximum absolute atomic E-state index is 4.84. The van der Waals surface area contributed by atoms with Gasteiger partial charge in [0.1, 0.15) is 0 Å². The van der Waals surface area contributed by atoms with Crippen LogP contribution >= 0.6 is 0 Å². The minimum atomic E-state index is 0.711. The fraction of sp³-hybridized carbons (Fsp3) is 0.278. The highest BCUT2D eigenvalue weighted by Gasteiger charge is 2.21. The molecule has 0 unspecified atom stereocenters. The summed E-state index contributed by atoms with van der Waals surface area (Å²) in [6, 6.07) is 19.7. The van der Waals surface area contributed by atoms with Gasteiger partial charge in [-0.15, -0.1) is 0 Å². The number of para-hydroxylation sites is 1. The van der Waals surface area contributed by atoms with Crippen LogP contribution in [0.4, 0.5) is 0 Å². The molecule has 1 aliphatic rings. The van der Waals surface area contributed by atoms with Crippen LogP contribution in [0.25, 0.3) is 10.9 Å². The molecule has 4 rings (SSSR count). The van der Waals surface area contributed by atoms with Crippen molar-refractivity contribution in [1.82, 2.24) is 15.1 Å². The predicted octanol–water partition coefficient (Wildman–Crippen LogP) is 3.34. The Morgan fingerprint density at radius 3 is 2.57 bits per heavy atom. The van der Waals surface area contributed by atoms with Crippen molar-refractivity contribution in [2.45, 2.75) is 32.0 Å². The summed E-state index contributed by atoms with van der Waals surface area (Å²) in [6.07, 6.45) is 2.62. The molecule has 0 aliphatic heterocycles. The average molecular weight is 277 g/mol. The first kappa shape index (κ1) is 12.6. The fourth-order valence-electron chi connectivity index (χ4n) is 2.73. The smallest absolute Gasteiger partial charge is 0.0841 e. The van der Waals surface area contributed by atoms with Gasteiger partial charge < -0.3 is 5.32 Å². The largest absolute Gasteiger partial charge is 0.308 e. The molecule has 0 radical (unpaired) electrons. The molecule has 3 nitrogen and oxygen atoms in total. The summed E-state index contributed by atoms with van der Waals surface area (Å²) in [6.45, 7) is 1.69. The molecule has 2 aromatic carbocycles. The molecule has 1 saturated carbocycles. The molecule has 3 heteroatoms. The van der Waals surface area contributed by atoms with Crippen molar-refractivity contribution in [3.05, 3.63) is 65.9 Å². The Balaban J connectivity index is 1.67. The first-order valence-electron chi connectivity index (χ1n) is 7.62. The van der Waals surface area contributed by atoms with Crippen LogP contribution < -0.4 is 5.32 Å². The van der Waals surface area contributed by atoms with Gasteiger partial charge in [0.25, 0.3) is 0 Å². The van der Waals surface area contributed by atoms with Gasteiger partial charge in [-0.3, -0.25) is 4.68 Å². The van der Waals surface area contributed by atoms with Gasteiger partial charge in [0.15, 0.2) is 0 Å². The van der Waals surface area contributed by atoms with Crippen LogP contribution in [0, 0.1) is 0 Å². The average Bonchev–Trinajstić information content (AvgIpc) is 3.30. The van der Waals surface area contributed by atoms with E-state index < -0.39 is 0 Å². The molecule has 106 valence electrons. The highest BCUT2D eigenvalue weighted by atomic mass is 15.3. The van der Waals surface area contributed by atoms with E-state index in [4.69, 9.17) is 5.10 Å². The van der Waals surface area contributed by atoms with Gasteiger partial charge in [0.05, 0.1) is 17.8 Å². The van der Waals surface area contributed by atoms with Crippen LogP contribution in [0.15, 0.2) is 54.6 Å². The van der Waals surface area contributed by atoms with Gasteiger partial charge in [0.2, 0.25) is 0 Å². The zero-order valence-corrected chi connectivity index (χ0v) is 12.0. The molecule has 0 amide bonds. The number of aromatic nitrogens is 2. The van der Waals surface area contributed by atoms with E-state index in [1.165, 1.54) is 29.3 Å². The zero-order valence-electron chi connectivity index (χ0n) is 12.0. The third kappa shape index (κ3) is 2.69. The summed E-state index contributed by atoms with van der Waals surface area (Å²) in [5.41, 5.74) is 3.66. The number of nitrogens with one attached hydrogen (secondary N) is 1. The van der Waals surface area contributed by atoms with E-state index in [2.05, 4.69) is 64.6 Å². The first-order chi connectivity index (χ1) is 10.4. The molecule has 0 spiro atoms. The van der Waals surface area contributed by atoms with Crippen LogP contribution in [0.3, 0.4) is 0 Å².